The van der Waals surface area contributed by atoms with Crippen molar-refractivity contribution in [2.24, 2.45) is 5.73 Å². The quantitative estimate of drug-likeness (QED) is 0.771. The molecule has 1 aromatic carbocycles. The summed E-state index contributed by atoms with van der Waals surface area (Å²) in [6.45, 7) is 6.28. The second-order valence-corrected chi connectivity index (χ2v) is 4.25. The summed E-state index contributed by atoms with van der Waals surface area (Å²) in [7, 11) is 0. The Morgan fingerprint density at radius 1 is 1.29 bits per heavy atom. The Morgan fingerprint density at radius 3 is 2.14 bits per heavy atom. The van der Waals surface area contributed by atoms with Crippen molar-refractivity contribution in [3.8, 4) is 0 Å². The van der Waals surface area contributed by atoms with Gasteiger partial charge in [0, 0.05) is 6.54 Å². The molecule has 0 radical (unpaired) electrons. The van der Waals surface area contributed by atoms with Crippen LogP contribution in [0.3, 0.4) is 0 Å². The largest absolute Gasteiger partial charge is 0.384 e. The molecule has 2 nitrogen and oxygen atoms in total. The molecule has 2 heteroatoms. The fourth-order valence-corrected chi connectivity index (χ4v) is 1.34. The number of hydrogen-bond donors (Lipinski definition) is 2. The van der Waals surface area contributed by atoms with Gasteiger partial charge >= 0.3 is 0 Å². The lowest BCUT2D eigenvalue weighted by Gasteiger charge is -2.22. The minimum Gasteiger partial charge on any atom is -0.384 e. The summed E-state index contributed by atoms with van der Waals surface area (Å²) in [6, 6.07) is 7.98. The van der Waals surface area contributed by atoms with Gasteiger partial charge in [-0.15, -0.1) is 0 Å². The van der Waals surface area contributed by atoms with Crippen LogP contribution in [0, 0.1) is 0 Å². The van der Waals surface area contributed by atoms with Crippen LogP contribution in [-0.2, 0) is 5.60 Å². The van der Waals surface area contributed by atoms with Gasteiger partial charge < -0.3 is 10.8 Å². The number of aliphatic hydroxyl groups is 1. The zero-order valence-corrected chi connectivity index (χ0v) is 9.12. The Kier molecular flexibility index (Phi) is 3.29. The van der Waals surface area contributed by atoms with Crippen LogP contribution in [0.2, 0.25) is 0 Å². The molecule has 0 aliphatic rings. The summed E-state index contributed by atoms with van der Waals surface area (Å²) in [5.41, 5.74) is 6.74. The highest BCUT2D eigenvalue weighted by molar-refractivity contribution is 5.28. The third-order valence-corrected chi connectivity index (χ3v) is 2.60. The first-order chi connectivity index (χ1) is 6.47. The lowest BCUT2D eigenvalue weighted by Crippen LogP contribution is -2.31. The maximum absolute atomic E-state index is 9.90. The molecule has 0 amide bonds. The highest BCUT2D eigenvalue weighted by atomic mass is 16.3. The Labute approximate surface area is 85.8 Å². The number of benzene rings is 1. The van der Waals surface area contributed by atoms with Gasteiger partial charge in [0.15, 0.2) is 0 Å². The molecule has 0 spiro atoms. The first-order valence-corrected chi connectivity index (χ1v) is 5.00. The summed E-state index contributed by atoms with van der Waals surface area (Å²) in [5.74, 6) is 0.520. The van der Waals surface area contributed by atoms with Crippen LogP contribution in [0.4, 0.5) is 0 Å². The van der Waals surface area contributed by atoms with Gasteiger partial charge in [0.25, 0.3) is 0 Å². The lowest BCUT2D eigenvalue weighted by atomic mass is 9.93. The van der Waals surface area contributed by atoms with Crippen molar-refractivity contribution in [3.05, 3.63) is 35.4 Å². The van der Waals surface area contributed by atoms with E-state index in [4.69, 9.17) is 5.73 Å². The summed E-state index contributed by atoms with van der Waals surface area (Å²) in [6.07, 6.45) is 0. The first-order valence-electron chi connectivity index (χ1n) is 5.00. The molecule has 0 unspecified atom stereocenters. The predicted octanol–water partition coefficient (Wildman–Crippen LogP) is 1.98. The van der Waals surface area contributed by atoms with Crippen molar-refractivity contribution >= 4 is 0 Å². The molecule has 0 fully saturated rings. The monoisotopic (exact) mass is 193 g/mol. The van der Waals surface area contributed by atoms with E-state index < -0.39 is 5.60 Å². The van der Waals surface area contributed by atoms with Gasteiger partial charge in [-0.1, -0.05) is 38.1 Å². The van der Waals surface area contributed by atoms with Gasteiger partial charge in [-0.05, 0) is 24.0 Å². The normalized spacial score (nSPS) is 15.6. The Morgan fingerprint density at radius 2 is 1.79 bits per heavy atom. The van der Waals surface area contributed by atoms with Crippen molar-refractivity contribution < 1.29 is 5.11 Å². The van der Waals surface area contributed by atoms with Crippen LogP contribution in [-0.4, -0.2) is 11.7 Å². The van der Waals surface area contributed by atoms with Crippen molar-refractivity contribution in [3.63, 3.8) is 0 Å². The molecule has 1 aromatic rings. The minimum atomic E-state index is -0.907. The third kappa shape index (κ3) is 2.34. The van der Waals surface area contributed by atoms with E-state index in [1.54, 1.807) is 6.92 Å². The molecule has 0 aromatic heterocycles. The van der Waals surface area contributed by atoms with E-state index in [1.165, 1.54) is 5.56 Å². The fraction of sp³-hybridized carbons (Fsp3) is 0.500. The molecule has 0 saturated heterocycles. The molecule has 0 aliphatic heterocycles. The number of nitrogens with two attached hydrogens (primary N) is 1. The maximum atomic E-state index is 9.90. The molecule has 0 saturated carbocycles. The van der Waals surface area contributed by atoms with Crippen LogP contribution in [0.25, 0.3) is 0 Å². The van der Waals surface area contributed by atoms with Crippen LogP contribution >= 0.6 is 0 Å². The predicted molar refractivity (Wildman–Crippen MR) is 59.2 cm³/mol. The van der Waals surface area contributed by atoms with E-state index in [1.807, 2.05) is 24.3 Å². The third-order valence-electron chi connectivity index (χ3n) is 2.60. The molecule has 1 atom stereocenters. The smallest absolute Gasteiger partial charge is 0.0990 e. The minimum absolute atomic E-state index is 0.244. The standard InChI is InChI=1S/C12H19NO/c1-9(2)10-4-6-11(7-5-10)12(3,14)8-13/h4-7,9,14H,8,13H2,1-3H3/t12-/m1/s1. The van der Waals surface area contributed by atoms with Crippen LogP contribution in [0.5, 0.6) is 0 Å². The first kappa shape index (κ1) is 11.2. The highest BCUT2D eigenvalue weighted by Gasteiger charge is 2.20. The van der Waals surface area contributed by atoms with Crippen molar-refractivity contribution in [1.82, 2.24) is 0 Å². The maximum Gasteiger partial charge on any atom is 0.0990 e. The van der Waals surface area contributed by atoms with Crippen molar-refractivity contribution in [1.29, 1.82) is 0 Å². The van der Waals surface area contributed by atoms with E-state index in [9.17, 15) is 5.11 Å². The number of hydrogen-bond acceptors (Lipinski definition) is 2. The molecule has 0 bridgehead atoms. The average Bonchev–Trinajstić information content (AvgIpc) is 2.18. The highest BCUT2D eigenvalue weighted by Crippen LogP contribution is 2.22. The molecule has 3 N–H and O–H groups in total. The molecule has 14 heavy (non-hydrogen) atoms. The van der Waals surface area contributed by atoms with Gasteiger partial charge in [0.05, 0.1) is 5.60 Å². The van der Waals surface area contributed by atoms with Gasteiger partial charge in [-0.2, -0.15) is 0 Å². The molecule has 0 heterocycles. The molecular weight excluding hydrogens is 174 g/mol. The van der Waals surface area contributed by atoms with E-state index in [2.05, 4.69) is 13.8 Å². The summed E-state index contributed by atoms with van der Waals surface area (Å²) in [5, 5.41) is 9.90. The Balaban J connectivity index is 2.94. The Hall–Kier alpha value is -0.860. The lowest BCUT2D eigenvalue weighted by molar-refractivity contribution is 0.0668. The molecular formula is C12H19NO. The SMILES string of the molecule is CC(C)c1ccc([C@](C)(O)CN)cc1. The molecule has 1 rings (SSSR count). The van der Waals surface area contributed by atoms with Gasteiger partial charge in [-0.3, -0.25) is 0 Å². The molecule has 0 aliphatic carbocycles. The van der Waals surface area contributed by atoms with Crippen molar-refractivity contribution in [2.45, 2.75) is 32.3 Å². The zero-order chi connectivity index (χ0) is 10.8. The van der Waals surface area contributed by atoms with E-state index >= 15 is 0 Å². The Bertz CT molecular complexity index is 288. The van der Waals surface area contributed by atoms with Crippen LogP contribution in [0.15, 0.2) is 24.3 Å². The second-order valence-electron chi connectivity index (χ2n) is 4.25. The van der Waals surface area contributed by atoms with E-state index in [-0.39, 0.29) is 6.54 Å². The van der Waals surface area contributed by atoms with Gasteiger partial charge in [0.2, 0.25) is 0 Å². The average molecular weight is 193 g/mol. The van der Waals surface area contributed by atoms with Gasteiger partial charge in [0.1, 0.15) is 0 Å². The van der Waals surface area contributed by atoms with E-state index in [0.717, 1.165) is 5.56 Å². The van der Waals surface area contributed by atoms with Crippen LogP contribution in [0.1, 0.15) is 37.8 Å². The summed E-state index contributed by atoms with van der Waals surface area (Å²) in [4.78, 5) is 0. The van der Waals surface area contributed by atoms with Gasteiger partial charge in [-0.25, -0.2) is 0 Å². The zero-order valence-electron chi connectivity index (χ0n) is 9.12. The van der Waals surface area contributed by atoms with Crippen LogP contribution < -0.4 is 5.73 Å². The summed E-state index contributed by atoms with van der Waals surface area (Å²) < 4.78 is 0. The topological polar surface area (TPSA) is 46.2 Å². The summed E-state index contributed by atoms with van der Waals surface area (Å²) >= 11 is 0. The van der Waals surface area contributed by atoms with E-state index in [0.29, 0.717) is 5.92 Å². The second kappa shape index (κ2) is 4.11. The fourth-order valence-electron chi connectivity index (χ4n) is 1.34. The number of rotatable bonds is 3. The molecule has 78 valence electrons. The van der Waals surface area contributed by atoms with Crippen molar-refractivity contribution in [2.75, 3.05) is 6.54 Å².